The highest BCUT2D eigenvalue weighted by atomic mass is 32.2. The van der Waals surface area contributed by atoms with Crippen LogP contribution in [-0.4, -0.2) is 62.5 Å². The Labute approximate surface area is 155 Å². The van der Waals surface area contributed by atoms with E-state index in [1.54, 1.807) is 36.4 Å². The Morgan fingerprint density at radius 3 is 2.74 bits per heavy atom. The van der Waals surface area contributed by atoms with Crippen molar-refractivity contribution in [2.75, 3.05) is 13.1 Å². The molecule has 4 rings (SSSR count). The number of carbonyl (C=O) groups excluding carboxylic acids is 1. The monoisotopic (exact) mass is 390 g/mol. The maximum Gasteiger partial charge on any atom is 0.274 e. The molecule has 1 amide bonds. The van der Waals surface area contributed by atoms with Crippen molar-refractivity contribution in [1.29, 1.82) is 0 Å². The first-order chi connectivity index (χ1) is 13.0. The number of piperidine rings is 1. The van der Waals surface area contributed by atoms with Gasteiger partial charge in [-0.05, 0) is 25.0 Å². The number of hydrogen-bond acceptors (Lipinski definition) is 7. The zero-order valence-electron chi connectivity index (χ0n) is 14.6. The molecule has 0 spiro atoms. The lowest BCUT2D eigenvalue weighted by molar-refractivity contribution is 0.0719. The highest BCUT2D eigenvalue weighted by Crippen LogP contribution is 2.24. The van der Waals surface area contributed by atoms with Crippen LogP contribution in [0.4, 0.5) is 0 Å². The molecule has 1 saturated heterocycles. The molecule has 3 aromatic rings. The number of furan rings is 1. The van der Waals surface area contributed by atoms with Gasteiger partial charge in [-0.25, -0.2) is 8.42 Å². The number of hydrogen-bond donors (Lipinski definition) is 1. The first-order valence-corrected chi connectivity index (χ1v) is 9.98. The van der Waals surface area contributed by atoms with Crippen LogP contribution in [0.15, 0.2) is 40.4 Å². The van der Waals surface area contributed by atoms with Gasteiger partial charge in [-0.15, -0.1) is 10.2 Å². The van der Waals surface area contributed by atoms with Gasteiger partial charge in [-0.1, -0.05) is 0 Å². The van der Waals surface area contributed by atoms with Crippen LogP contribution in [0.5, 0.6) is 0 Å². The summed E-state index contributed by atoms with van der Waals surface area (Å²) in [6.45, 7) is 0.674. The van der Waals surface area contributed by atoms with Crippen molar-refractivity contribution in [1.82, 2.24) is 29.9 Å². The fourth-order valence-corrected chi connectivity index (χ4v) is 4.94. The van der Waals surface area contributed by atoms with Crippen LogP contribution in [0.25, 0.3) is 11.5 Å². The molecule has 0 saturated carbocycles. The predicted octanol–water partition coefficient (Wildman–Crippen LogP) is 0.877. The number of carbonyl (C=O) groups is 1. The predicted molar refractivity (Wildman–Crippen MR) is 93.4 cm³/mol. The Kier molecular flexibility index (Phi) is 4.30. The van der Waals surface area contributed by atoms with Crippen molar-refractivity contribution >= 4 is 15.7 Å². The zero-order valence-corrected chi connectivity index (χ0v) is 15.4. The molecule has 10 nitrogen and oxygen atoms in total. The van der Waals surface area contributed by atoms with E-state index in [9.17, 15) is 13.2 Å². The Balaban J connectivity index is 1.43. The minimum atomic E-state index is -3.57. The molecule has 27 heavy (non-hydrogen) atoms. The molecule has 1 fully saturated rings. The highest BCUT2D eigenvalue weighted by Gasteiger charge is 2.36. The second-order valence-electron chi connectivity index (χ2n) is 6.41. The van der Waals surface area contributed by atoms with Crippen LogP contribution in [0, 0.1) is 0 Å². The van der Waals surface area contributed by atoms with Gasteiger partial charge in [0, 0.05) is 26.2 Å². The van der Waals surface area contributed by atoms with Gasteiger partial charge in [0.2, 0.25) is 15.0 Å². The number of rotatable bonds is 4. The number of nitrogens with zero attached hydrogens (tertiary/aromatic N) is 5. The summed E-state index contributed by atoms with van der Waals surface area (Å²) in [6.07, 6.45) is 3.59. The summed E-state index contributed by atoms with van der Waals surface area (Å²) in [5, 5.41) is 13.6. The molecule has 1 N–H and O–H groups in total. The van der Waals surface area contributed by atoms with Crippen LogP contribution in [0.3, 0.4) is 0 Å². The largest absolute Gasteiger partial charge is 0.463 e. The fourth-order valence-electron chi connectivity index (χ4n) is 3.20. The molecule has 4 heterocycles. The Bertz CT molecular complexity index is 1040. The van der Waals surface area contributed by atoms with Crippen LogP contribution in [0.2, 0.25) is 0 Å². The number of sulfone groups is 1. The van der Waals surface area contributed by atoms with Gasteiger partial charge in [0.15, 0.2) is 11.5 Å². The van der Waals surface area contributed by atoms with Gasteiger partial charge in [0.1, 0.15) is 12.0 Å². The third-order valence-electron chi connectivity index (χ3n) is 4.68. The molecular formula is C16H18N6O4S. The first kappa shape index (κ1) is 17.5. The molecule has 0 bridgehead atoms. The fraction of sp³-hybridized carbons (Fsp3) is 0.375. The van der Waals surface area contributed by atoms with Crippen molar-refractivity contribution in [3.63, 3.8) is 0 Å². The number of aromatic nitrogens is 5. The van der Waals surface area contributed by atoms with Gasteiger partial charge < -0.3 is 13.9 Å². The quantitative estimate of drug-likeness (QED) is 0.700. The van der Waals surface area contributed by atoms with E-state index in [0.29, 0.717) is 37.4 Å². The Hall–Kier alpha value is -2.95. The number of amides is 1. The second-order valence-corrected chi connectivity index (χ2v) is 8.53. The standard InChI is InChI=1S/C16H18N6O4S/c1-21-10-17-20-16(21)27(24,25)11-4-6-22(7-5-11)15(23)13-9-12(18-19-13)14-3-2-8-26-14/h2-3,8-11H,4-7H2,1H3,(H,18,19). The summed E-state index contributed by atoms with van der Waals surface area (Å²) in [5.41, 5.74) is 0.888. The van der Waals surface area contributed by atoms with E-state index in [2.05, 4.69) is 20.4 Å². The molecule has 1 aliphatic rings. The topological polar surface area (TPSA) is 127 Å². The third-order valence-corrected chi connectivity index (χ3v) is 6.90. The lowest BCUT2D eigenvalue weighted by Gasteiger charge is -2.30. The van der Waals surface area contributed by atoms with Crippen LogP contribution in [0.1, 0.15) is 23.3 Å². The summed E-state index contributed by atoms with van der Waals surface area (Å²) in [6, 6.07) is 5.15. The normalized spacial score (nSPS) is 16.0. The summed E-state index contributed by atoms with van der Waals surface area (Å²) in [4.78, 5) is 14.3. The molecule has 0 radical (unpaired) electrons. The molecule has 0 atom stereocenters. The summed E-state index contributed by atoms with van der Waals surface area (Å²) in [7, 11) is -1.97. The van der Waals surface area contributed by atoms with E-state index in [1.807, 2.05) is 0 Å². The number of likely N-dealkylation sites (tertiary alicyclic amines) is 1. The van der Waals surface area contributed by atoms with Crippen molar-refractivity contribution in [2.24, 2.45) is 7.05 Å². The van der Waals surface area contributed by atoms with Crippen molar-refractivity contribution in [2.45, 2.75) is 23.2 Å². The lowest BCUT2D eigenvalue weighted by Crippen LogP contribution is -2.43. The molecule has 142 valence electrons. The Morgan fingerprint density at radius 1 is 1.33 bits per heavy atom. The second kappa shape index (κ2) is 6.65. The van der Waals surface area contributed by atoms with E-state index in [-0.39, 0.29) is 16.8 Å². The smallest absolute Gasteiger partial charge is 0.274 e. The minimum absolute atomic E-state index is 0.0392. The zero-order chi connectivity index (χ0) is 19.0. The van der Waals surface area contributed by atoms with E-state index >= 15 is 0 Å². The summed E-state index contributed by atoms with van der Waals surface area (Å²) < 4.78 is 32.1. The van der Waals surface area contributed by atoms with Gasteiger partial charge in [-0.2, -0.15) is 5.10 Å². The molecule has 11 heteroatoms. The molecule has 0 unspecified atom stereocenters. The van der Waals surface area contributed by atoms with Crippen LogP contribution >= 0.6 is 0 Å². The maximum absolute atomic E-state index is 12.7. The van der Waals surface area contributed by atoms with Crippen LogP contribution in [-0.2, 0) is 16.9 Å². The van der Waals surface area contributed by atoms with Gasteiger partial charge in [-0.3, -0.25) is 9.89 Å². The van der Waals surface area contributed by atoms with Crippen molar-refractivity contribution in [3.05, 3.63) is 36.5 Å². The molecule has 3 aromatic heterocycles. The molecule has 0 aromatic carbocycles. The molecule has 1 aliphatic heterocycles. The molecule has 0 aliphatic carbocycles. The minimum Gasteiger partial charge on any atom is -0.463 e. The first-order valence-electron chi connectivity index (χ1n) is 8.43. The number of aromatic amines is 1. The lowest BCUT2D eigenvalue weighted by atomic mass is 10.1. The van der Waals surface area contributed by atoms with E-state index in [1.165, 1.54) is 10.9 Å². The van der Waals surface area contributed by atoms with Gasteiger partial charge in [0.25, 0.3) is 5.91 Å². The Morgan fingerprint density at radius 2 is 2.11 bits per heavy atom. The van der Waals surface area contributed by atoms with Crippen LogP contribution < -0.4 is 0 Å². The summed E-state index contributed by atoms with van der Waals surface area (Å²) >= 11 is 0. The van der Waals surface area contributed by atoms with Gasteiger partial charge >= 0.3 is 0 Å². The number of aryl methyl sites for hydroxylation is 1. The maximum atomic E-state index is 12.7. The third kappa shape index (κ3) is 3.14. The highest BCUT2D eigenvalue weighted by molar-refractivity contribution is 7.91. The van der Waals surface area contributed by atoms with Crippen molar-refractivity contribution in [3.8, 4) is 11.5 Å². The summed E-state index contributed by atoms with van der Waals surface area (Å²) in [5.74, 6) is 0.355. The molecular weight excluding hydrogens is 372 g/mol. The van der Waals surface area contributed by atoms with Gasteiger partial charge in [0.05, 0.1) is 11.5 Å². The van der Waals surface area contributed by atoms with E-state index < -0.39 is 15.1 Å². The van der Waals surface area contributed by atoms with E-state index in [4.69, 9.17) is 4.42 Å². The average Bonchev–Trinajstić information content (AvgIpc) is 3.41. The van der Waals surface area contributed by atoms with Crippen molar-refractivity contribution < 1.29 is 17.6 Å². The average molecular weight is 390 g/mol. The SMILES string of the molecule is Cn1cnnc1S(=O)(=O)C1CCN(C(=O)c2cc(-c3ccco3)[nH]n2)CC1. The van der Waals surface area contributed by atoms with E-state index in [0.717, 1.165) is 0 Å². The number of H-pyrrole nitrogens is 1. The number of nitrogens with one attached hydrogen (secondary N) is 1.